The smallest absolute Gasteiger partial charge is 0.255 e. The summed E-state index contributed by atoms with van der Waals surface area (Å²) in [6, 6.07) is 1.08. The van der Waals surface area contributed by atoms with Gasteiger partial charge in [0.1, 0.15) is 11.6 Å². The third kappa shape index (κ3) is 4.20. The SMILES string of the molecule is CNc1ncc(F)cc1C(=O)NC(C)(C)CC(N)=O. The Bertz CT molecular complexity index is 503. The van der Waals surface area contributed by atoms with Gasteiger partial charge in [0.2, 0.25) is 5.91 Å². The average Bonchev–Trinajstić information content (AvgIpc) is 2.26. The maximum atomic E-state index is 13.1. The molecule has 6 nitrogen and oxygen atoms in total. The first kappa shape index (κ1) is 14.9. The van der Waals surface area contributed by atoms with Gasteiger partial charge in [0.15, 0.2) is 0 Å². The summed E-state index contributed by atoms with van der Waals surface area (Å²) in [5.74, 6) is -1.41. The minimum Gasteiger partial charge on any atom is -0.372 e. The molecule has 19 heavy (non-hydrogen) atoms. The van der Waals surface area contributed by atoms with Crippen molar-refractivity contribution in [2.75, 3.05) is 12.4 Å². The number of rotatable bonds is 5. The number of primary amides is 1. The Morgan fingerprint density at radius 2 is 2.11 bits per heavy atom. The van der Waals surface area contributed by atoms with E-state index in [-0.39, 0.29) is 17.8 Å². The standard InChI is InChI=1S/C12H17FN4O2/c1-12(2,5-9(14)18)17-11(19)8-4-7(13)6-16-10(8)15-3/h4,6H,5H2,1-3H3,(H2,14,18)(H,15,16)(H,17,19). The molecule has 0 radical (unpaired) electrons. The van der Waals surface area contributed by atoms with Crippen molar-refractivity contribution >= 4 is 17.6 Å². The number of nitrogens with one attached hydrogen (secondary N) is 2. The van der Waals surface area contributed by atoms with Crippen LogP contribution in [0.1, 0.15) is 30.6 Å². The Labute approximate surface area is 110 Å². The van der Waals surface area contributed by atoms with Crippen molar-refractivity contribution in [1.29, 1.82) is 0 Å². The fourth-order valence-electron chi connectivity index (χ4n) is 1.67. The third-order valence-corrected chi connectivity index (χ3v) is 2.40. The Hall–Kier alpha value is -2.18. The lowest BCUT2D eigenvalue weighted by atomic mass is 9.99. The van der Waals surface area contributed by atoms with Gasteiger partial charge in [-0.25, -0.2) is 9.37 Å². The van der Waals surface area contributed by atoms with Gasteiger partial charge in [0.05, 0.1) is 11.8 Å². The molecule has 0 aromatic carbocycles. The highest BCUT2D eigenvalue weighted by molar-refractivity contribution is 5.99. The van der Waals surface area contributed by atoms with E-state index < -0.39 is 23.2 Å². The highest BCUT2D eigenvalue weighted by Crippen LogP contribution is 2.15. The van der Waals surface area contributed by atoms with Gasteiger partial charge in [-0.1, -0.05) is 0 Å². The number of carbonyl (C=O) groups excluding carboxylic acids is 2. The summed E-state index contributed by atoms with van der Waals surface area (Å²) < 4.78 is 13.1. The number of pyridine rings is 1. The first-order chi connectivity index (χ1) is 8.75. The summed E-state index contributed by atoms with van der Waals surface area (Å²) in [5, 5.41) is 5.32. The zero-order chi connectivity index (χ0) is 14.6. The summed E-state index contributed by atoms with van der Waals surface area (Å²) in [5.41, 5.74) is 4.35. The Kier molecular flexibility index (Phi) is 4.42. The van der Waals surface area contributed by atoms with Gasteiger partial charge in [-0.15, -0.1) is 0 Å². The maximum Gasteiger partial charge on any atom is 0.255 e. The second-order valence-corrected chi connectivity index (χ2v) is 4.78. The quantitative estimate of drug-likeness (QED) is 0.730. The molecule has 1 rings (SSSR count). The number of aromatic nitrogens is 1. The highest BCUT2D eigenvalue weighted by atomic mass is 19.1. The monoisotopic (exact) mass is 268 g/mol. The van der Waals surface area contributed by atoms with Crippen molar-refractivity contribution in [3.63, 3.8) is 0 Å². The van der Waals surface area contributed by atoms with E-state index in [1.165, 1.54) is 0 Å². The summed E-state index contributed by atoms with van der Waals surface area (Å²) in [7, 11) is 1.57. The normalized spacial score (nSPS) is 10.9. The molecule has 7 heteroatoms. The van der Waals surface area contributed by atoms with E-state index in [0.717, 1.165) is 12.3 Å². The lowest BCUT2D eigenvalue weighted by molar-refractivity contribution is -0.119. The van der Waals surface area contributed by atoms with Gasteiger partial charge >= 0.3 is 0 Å². The molecule has 0 unspecified atom stereocenters. The minimum absolute atomic E-state index is 0.0175. The zero-order valence-corrected chi connectivity index (χ0v) is 11.1. The van der Waals surface area contributed by atoms with Crippen LogP contribution < -0.4 is 16.4 Å². The summed E-state index contributed by atoms with van der Waals surface area (Å²) in [6.45, 7) is 3.31. The number of nitrogens with two attached hydrogens (primary N) is 1. The van der Waals surface area contributed by atoms with E-state index in [1.807, 2.05) is 0 Å². The van der Waals surface area contributed by atoms with Crippen molar-refractivity contribution in [3.8, 4) is 0 Å². The van der Waals surface area contributed by atoms with Gasteiger partial charge in [-0.3, -0.25) is 9.59 Å². The number of anilines is 1. The van der Waals surface area contributed by atoms with Gasteiger partial charge in [0, 0.05) is 19.0 Å². The molecular weight excluding hydrogens is 251 g/mol. The van der Waals surface area contributed by atoms with Crippen molar-refractivity contribution in [1.82, 2.24) is 10.3 Å². The average molecular weight is 268 g/mol. The fourth-order valence-corrected chi connectivity index (χ4v) is 1.67. The van der Waals surface area contributed by atoms with Gasteiger partial charge < -0.3 is 16.4 Å². The third-order valence-electron chi connectivity index (χ3n) is 2.40. The molecular formula is C12H17FN4O2. The molecule has 0 saturated heterocycles. The number of halogens is 1. The molecule has 0 aliphatic heterocycles. The lowest BCUT2D eigenvalue weighted by Crippen LogP contribution is -2.46. The van der Waals surface area contributed by atoms with Crippen molar-refractivity contribution in [2.45, 2.75) is 25.8 Å². The van der Waals surface area contributed by atoms with Crippen molar-refractivity contribution in [3.05, 3.63) is 23.6 Å². The topological polar surface area (TPSA) is 97.1 Å². The molecule has 0 saturated carbocycles. The molecule has 0 atom stereocenters. The Morgan fingerprint density at radius 1 is 1.47 bits per heavy atom. The Balaban J connectivity index is 2.95. The summed E-state index contributed by atoms with van der Waals surface area (Å²) in [6.07, 6.45) is 0.994. The van der Waals surface area contributed by atoms with E-state index >= 15 is 0 Å². The van der Waals surface area contributed by atoms with E-state index in [1.54, 1.807) is 20.9 Å². The number of hydrogen-bond acceptors (Lipinski definition) is 4. The molecule has 1 aromatic rings. The molecule has 4 N–H and O–H groups in total. The molecule has 0 fully saturated rings. The van der Waals surface area contributed by atoms with Crippen LogP contribution in [0.4, 0.5) is 10.2 Å². The van der Waals surface area contributed by atoms with Crippen LogP contribution in [0.2, 0.25) is 0 Å². The minimum atomic E-state index is -0.819. The molecule has 0 bridgehead atoms. The first-order valence-electron chi connectivity index (χ1n) is 5.69. The van der Waals surface area contributed by atoms with Crippen LogP contribution in [-0.2, 0) is 4.79 Å². The van der Waals surface area contributed by atoms with Crippen molar-refractivity contribution < 1.29 is 14.0 Å². The lowest BCUT2D eigenvalue weighted by Gasteiger charge is -2.25. The zero-order valence-electron chi connectivity index (χ0n) is 11.1. The number of nitrogens with zero attached hydrogens (tertiary/aromatic N) is 1. The second-order valence-electron chi connectivity index (χ2n) is 4.78. The van der Waals surface area contributed by atoms with E-state index in [0.29, 0.717) is 0 Å². The van der Waals surface area contributed by atoms with Gasteiger partial charge in [-0.05, 0) is 19.9 Å². The molecule has 104 valence electrons. The molecule has 0 aliphatic rings. The van der Waals surface area contributed by atoms with Crippen LogP contribution in [0, 0.1) is 5.82 Å². The van der Waals surface area contributed by atoms with E-state index in [2.05, 4.69) is 15.6 Å². The highest BCUT2D eigenvalue weighted by Gasteiger charge is 2.25. The number of hydrogen-bond donors (Lipinski definition) is 3. The van der Waals surface area contributed by atoms with Crippen LogP contribution in [0.15, 0.2) is 12.3 Å². The molecule has 2 amide bonds. The predicted molar refractivity (Wildman–Crippen MR) is 69.1 cm³/mol. The molecule has 0 spiro atoms. The fraction of sp³-hybridized carbons (Fsp3) is 0.417. The molecule has 1 aromatic heterocycles. The van der Waals surface area contributed by atoms with Crippen LogP contribution in [0.5, 0.6) is 0 Å². The van der Waals surface area contributed by atoms with E-state index in [9.17, 15) is 14.0 Å². The largest absolute Gasteiger partial charge is 0.372 e. The predicted octanol–water partition coefficient (Wildman–Crippen LogP) is 0.646. The number of carbonyl (C=O) groups is 2. The Morgan fingerprint density at radius 3 is 2.63 bits per heavy atom. The first-order valence-corrected chi connectivity index (χ1v) is 5.69. The summed E-state index contributed by atoms with van der Waals surface area (Å²) in [4.78, 5) is 26.7. The number of amides is 2. The van der Waals surface area contributed by atoms with Crippen LogP contribution in [0.3, 0.4) is 0 Å². The van der Waals surface area contributed by atoms with Gasteiger partial charge in [0.25, 0.3) is 5.91 Å². The second kappa shape index (κ2) is 5.64. The van der Waals surface area contributed by atoms with E-state index in [4.69, 9.17) is 5.73 Å². The maximum absolute atomic E-state index is 13.1. The molecule has 1 heterocycles. The molecule has 0 aliphatic carbocycles. The summed E-state index contributed by atoms with van der Waals surface area (Å²) >= 11 is 0. The van der Waals surface area contributed by atoms with Crippen LogP contribution in [-0.4, -0.2) is 29.4 Å². The van der Waals surface area contributed by atoms with Crippen LogP contribution in [0.25, 0.3) is 0 Å². The van der Waals surface area contributed by atoms with Gasteiger partial charge in [-0.2, -0.15) is 0 Å². The van der Waals surface area contributed by atoms with Crippen LogP contribution >= 0.6 is 0 Å². The van der Waals surface area contributed by atoms with Crippen molar-refractivity contribution in [2.24, 2.45) is 5.73 Å².